The summed E-state index contributed by atoms with van der Waals surface area (Å²) in [6.45, 7) is -0.322. The number of unbranched alkanes of at least 4 members (excludes halogenated alkanes) is 1. The van der Waals surface area contributed by atoms with Crippen LogP contribution in [0.3, 0.4) is 0 Å². The maximum atomic E-state index is 13.6. The number of aliphatic carboxylic acids is 1. The van der Waals surface area contributed by atoms with Crippen LogP contribution in [-0.4, -0.2) is 90.4 Å². The molecule has 4 atom stereocenters. The van der Waals surface area contributed by atoms with Crippen LogP contribution in [0.25, 0.3) is 10.4 Å². The van der Waals surface area contributed by atoms with E-state index in [4.69, 9.17) is 17.0 Å². The summed E-state index contributed by atoms with van der Waals surface area (Å²) in [5, 5.41) is 25.3. The van der Waals surface area contributed by atoms with Crippen LogP contribution in [0, 0.1) is 0 Å². The van der Waals surface area contributed by atoms with Crippen molar-refractivity contribution in [2.24, 2.45) is 21.6 Å². The first-order valence-electron chi connectivity index (χ1n) is 14.3. The van der Waals surface area contributed by atoms with E-state index in [1.165, 1.54) is 0 Å². The summed E-state index contributed by atoms with van der Waals surface area (Å²) in [5.41, 5.74) is 19.9. The first kappa shape index (κ1) is 35.8. The molecule has 18 nitrogen and oxygen atoms in total. The van der Waals surface area contributed by atoms with E-state index < -0.39 is 72.6 Å². The van der Waals surface area contributed by atoms with Crippen molar-refractivity contribution >= 4 is 41.5 Å². The van der Waals surface area contributed by atoms with Gasteiger partial charge in [0.1, 0.15) is 24.2 Å². The van der Waals surface area contributed by atoms with E-state index in [9.17, 15) is 33.9 Å². The van der Waals surface area contributed by atoms with Crippen molar-refractivity contribution in [3.05, 3.63) is 46.3 Å². The lowest BCUT2D eigenvalue weighted by atomic mass is 10.0. The van der Waals surface area contributed by atoms with Gasteiger partial charge in [0, 0.05) is 24.4 Å². The Kier molecular flexibility index (Phi) is 15.1. The molecule has 244 valence electrons. The highest BCUT2D eigenvalue weighted by Crippen LogP contribution is 2.09. The first-order valence-corrected chi connectivity index (χ1v) is 14.3. The molecule has 1 aromatic rings. The van der Waals surface area contributed by atoms with Gasteiger partial charge >= 0.3 is 5.97 Å². The number of nitrogens with one attached hydrogen (secondary N) is 5. The fraction of sp³-hybridized carbons (Fsp3) is 0.519. The standard InChI is InChI=1S/C27H39N11O7/c28-27(29)31-11-6-10-17-23(42)32-15-21(39)34-20(14-22(40)41)26(45)37-19(13-16-7-2-1-3-8-16)25(44)36-18(24(43)35-17)9-4-5-12-33-38-30/h1-3,7-8,17-20H,4-6,9-15H2,(H,32,42)(H,34,39)(H,35,43)(H,36,44)(H,37,45)(H,40,41)(H4,28,29,31)/t17-,18-,19+,20-/m0/s1. The van der Waals surface area contributed by atoms with E-state index in [1.54, 1.807) is 30.3 Å². The number of rotatable bonds is 13. The topological polar surface area (TPSA) is 296 Å². The molecular weight excluding hydrogens is 590 g/mol. The Morgan fingerprint density at radius 1 is 0.822 bits per heavy atom. The van der Waals surface area contributed by atoms with Crippen molar-refractivity contribution in [3.8, 4) is 0 Å². The maximum Gasteiger partial charge on any atom is 0.305 e. The Morgan fingerprint density at radius 3 is 2.07 bits per heavy atom. The number of carboxylic acid groups (broad SMARTS) is 1. The van der Waals surface area contributed by atoms with Crippen LogP contribution in [0.4, 0.5) is 0 Å². The highest BCUT2D eigenvalue weighted by atomic mass is 16.4. The zero-order valence-electron chi connectivity index (χ0n) is 24.6. The van der Waals surface area contributed by atoms with Crippen molar-refractivity contribution < 1.29 is 33.9 Å². The van der Waals surface area contributed by atoms with Crippen LogP contribution >= 0.6 is 0 Å². The number of carbonyl (C=O) groups excluding carboxylic acids is 5. The van der Waals surface area contributed by atoms with E-state index in [1.807, 2.05) is 0 Å². The third kappa shape index (κ3) is 13.6. The van der Waals surface area contributed by atoms with Gasteiger partial charge in [0.05, 0.1) is 13.0 Å². The fourth-order valence-corrected chi connectivity index (χ4v) is 4.41. The Morgan fingerprint density at radius 2 is 1.42 bits per heavy atom. The lowest BCUT2D eigenvalue weighted by Crippen LogP contribution is -2.58. The molecule has 0 saturated carbocycles. The minimum absolute atomic E-state index is 0.0230. The molecule has 1 heterocycles. The van der Waals surface area contributed by atoms with E-state index in [0.29, 0.717) is 18.4 Å². The number of carbonyl (C=O) groups is 6. The van der Waals surface area contributed by atoms with Crippen LogP contribution in [0.15, 0.2) is 40.4 Å². The largest absolute Gasteiger partial charge is 0.481 e. The Labute approximate surface area is 258 Å². The van der Waals surface area contributed by atoms with E-state index in [2.05, 4.69) is 41.6 Å². The number of nitrogens with two attached hydrogens (primary N) is 2. The molecule has 1 fully saturated rings. The number of benzene rings is 1. The molecule has 1 aliphatic heterocycles. The second-order valence-corrected chi connectivity index (χ2v) is 10.2. The van der Waals surface area contributed by atoms with Crippen LogP contribution in [0.1, 0.15) is 44.1 Å². The fourth-order valence-electron chi connectivity index (χ4n) is 4.41. The predicted octanol–water partition coefficient (Wildman–Crippen LogP) is -1.69. The molecule has 0 unspecified atom stereocenters. The number of nitrogens with zero attached hydrogens (tertiary/aromatic N) is 4. The summed E-state index contributed by atoms with van der Waals surface area (Å²) in [7, 11) is 0. The summed E-state index contributed by atoms with van der Waals surface area (Å²) in [5.74, 6) is -5.57. The van der Waals surface area contributed by atoms with Gasteiger partial charge in [-0.3, -0.25) is 33.8 Å². The van der Waals surface area contributed by atoms with Gasteiger partial charge in [-0.2, -0.15) is 0 Å². The average Bonchev–Trinajstić information content (AvgIpc) is 2.99. The summed E-state index contributed by atoms with van der Waals surface area (Å²) < 4.78 is 0. The van der Waals surface area contributed by atoms with E-state index >= 15 is 0 Å². The Balaban J connectivity index is 2.45. The van der Waals surface area contributed by atoms with Crippen molar-refractivity contribution in [3.63, 3.8) is 0 Å². The molecule has 0 aromatic heterocycles. The van der Waals surface area contributed by atoms with Gasteiger partial charge in [-0.15, -0.1) is 0 Å². The van der Waals surface area contributed by atoms with Gasteiger partial charge < -0.3 is 43.2 Å². The number of guanidine groups is 1. The second-order valence-electron chi connectivity index (χ2n) is 10.2. The van der Waals surface area contributed by atoms with Crippen molar-refractivity contribution in [1.29, 1.82) is 0 Å². The quantitative estimate of drug-likeness (QED) is 0.0308. The lowest BCUT2D eigenvalue weighted by molar-refractivity contribution is -0.141. The molecule has 18 heteroatoms. The molecule has 0 radical (unpaired) electrons. The smallest absolute Gasteiger partial charge is 0.305 e. The molecule has 1 aromatic carbocycles. The van der Waals surface area contributed by atoms with Gasteiger partial charge in [-0.05, 0) is 36.8 Å². The molecular formula is C27H39N11O7. The van der Waals surface area contributed by atoms with Gasteiger partial charge in [-0.25, -0.2) is 0 Å². The molecule has 5 amide bonds. The highest BCUT2D eigenvalue weighted by molar-refractivity contribution is 5.98. The van der Waals surface area contributed by atoms with E-state index in [-0.39, 0.29) is 44.7 Å². The summed E-state index contributed by atoms with van der Waals surface area (Å²) in [6, 6.07) is 3.47. The maximum absolute atomic E-state index is 13.6. The van der Waals surface area contributed by atoms with Crippen LogP contribution in [0.2, 0.25) is 0 Å². The number of azide groups is 1. The van der Waals surface area contributed by atoms with Gasteiger partial charge in [0.15, 0.2) is 5.96 Å². The molecule has 45 heavy (non-hydrogen) atoms. The molecule has 0 spiro atoms. The van der Waals surface area contributed by atoms with Crippen LogP contribution in [0.5, 0.6) is 0 Å². The highest BCUT2D eigenvalue weighted by Gasteiger charge is 2.33. The molecule has 1 aliphatic rings. The number of hydrogen-bond donors (Lipinski definition) is 8. The predicted molar refractivity (Wildman–Crippen MR) is 161 cm³/mol. The third-order valence-corrected chi connectivity index (χ3v) is 6.64. The Hall–Kier alpha value is -5.38. The number of aliphatic imine (C=N–C) groups is 1. The zero-order valence-corrected chi connectivity index (χ0v) is 24.6. The van der Waals surface area contributed by atoms with Gasteiger partial charge in [-0.1, -0.05) is 41.9 Å². The minimum Gasteiger partial charge on any atom is -0.481 e. The molecule has 0 aliphatic carbocycles. The summed E-state index contributed by atoms with van der Waals surface area (Å²) in [6.07, 6.45) is 0.357. The second kappa shape index (κ2) is 19.0. The SMILES string of the molecule is [N-]=[N+]=NCCCC[C@@H]1NC(=O)[C@@H](Cc2ccccc2)NC(=O)[C@H](CC(=O)O)NC(=O)CNC(=O)[C@H](CCCN=C(N)N)NC1=O. The van der Waals surface area contributed by atoms with Gasteiger partial charge in [0.2, 0.25) is 29.5 Å². The third-order valence-electron chi connectivity index (χ3n) is 6.64. The monoisotopic (exact) mass is 629 g/mol. The van der Waals surface area contributed by atoms with Gasteiger partial charge in [0.25, 0.3) is 0 Å². The Bertz CT molecular complexity index is 1280. The van der Waals surface area contributed by atoms with E-state index in [0.717, 1.165) is 0 Å². The molecule has 1 saturated heterocycles. The minimum atomic E-state index is -1.57. The van der Waals surface area contributed by atoms with Crippen molar-refractivity contribution in [2.45, 2.75) is 69.1 Å². The summed E-state index contributed by atoms with van der Waals surface area (Å²) in [4.78, 5) is 84.1. The molecule has 2 rings (SSSR count). The average molecular weight is 630 g/mol. The summed E-state index contributed by atoms with van der Waals surface area (Å²) >= 11 is 0. The van der Waals surface area contributed by atoms with Crippen LogP contribution < -0.4 is 38.1 Å². The number of amides is 5. The molecule has 0 bridgehead atoms. The van der Waals surface area contributed by atoms with Crippen molar-refractivity contribution in [1.82, 2.24) is 26.6 Å². The van der Waals surface area contributed by atoms with Crippen molar-refractivity contribution in [2.75, 3.05) is 19.6 Å². The van der Waals surface area contributed by atoms with Crippen LogP contribution in [-0.2, 0) is 35.2 Å². The number of carboxylic acids is 1. The normalized spacial score (nSPS) is 21.3. The number of hydrogen-bond acceptors (Lipinski definition) is 8. The molecule has 10 N–H and O–H groups in total. The lowest BCUT2D eigenvalue weighted by Gasteiger charge is -2.26. The first-order chi connectivity index (χ1) is 21.5. The zero-order chi connectivity index (χ0) is 33.2.